The van der Waals surface area contributed by atoms with Crippen LogP contribution in [0.5, 0.6) is 5.75 Å². The molecule has 0 unspecified atom stereocenters. The van der Waals surface area contributed by atoms with Crippen LogP contribution in [0.1, 0.15) is 11.1 Å². The van der Waals surface area contributed by atoms with Gasteiger partial charge in [-0.2, -0.15) is 0 Å². The highest BCUT2D eigenvalue weighted by Gasteiger charge is 2.03. The summed E-state index contributed by atoms with van der Waals surface area (Å²) in [7, 11) is 3.66. The number of nitrogens with zero attached hydrogens (tertiary/aromatic N) is 1. The highest BCUT2D eigenvalue weighted by molar-refractivity contribution is 5.81. The molecule has 0 aliphatic heterocycles. The van der Waals surface area contributed by atoms with E-state index in [0.29, 0.717) is 0 Å². The van der Waals surface area contributed by atoms with Crippen molar-refractivity contribution in [1.82, 2.24) is 9.88 Å². The van der Waals surface area contributed by atoms with Gasteiger partial charge in [0.05, 0.1) is 7.11 Å². The van der Waals surface area contributed by atoms with Gasteiger partial charge in [0.15, 0.2) is 0 Å². The van der Waals surface area contributed by atoms with E-state index >= 15 is 0 Å². The predicted molar refractivity (Wildman–Crippen MR) is 86.8 cm³/mol. The van der Waals surface area contributed by atoms with Gasteiger partial charge < -0.3 is 14.6 Å². The minimum atomic E-state index is 0.874. The standard InChI is InChI=1S/C18H20N2O/c1-19-12-15-5-8-18-16(11-15)9-10-20(18)13-14-3-6-17(21-2)7-4-14/h3-11,19H,12-13H2,1-2H3. The molecule has 0 radical (unpaired) electrons. The lowest BCUT2D eigenvalue weighted by molar-refractivity contribution is 0.414. The SMILES string of the molecule is CNCc1ccc2c(ccn2Cc2ccc(OC)cc2)c1. The van der Waals surface area contributed by atoms with Crippen LogP contribution in [0.4, 0.5) is 0 Å². The van der Waals surface area contributed by atoms with Crippen molar-refractivity contribution < 1.29 is 4.74 Å². The van der Waals surface area contributed by atoms with Crippen molar-refractivity contribution in [3.8, 4) is 5.75 Å². The van der Waals surface area contributed by atoms with Gasteiger partial charge in [0.25, 0.3) is 0 Å². The molecule has 0 aliphatic carbocycles. The molecular formula is C18H20N2O. The molecule has 2 aromatic carbocycles. The van der Waals surface area contributed by atoms with Crippen molar-refractivity contribution in [3.05, 3.63) is 65.9 Å². The zero-order valence-electron chi connectivity index (χ0n) is 12.5. The van der Waals surface area contributed by atoms with Gasteiger partial charge in [-0.25, -0.2) is 0 Å². The molecule has 1 heterocycles. The lowest BCUT2D eigenvalue weighted by atomic mass is 10.1. The van der Waals surface area contributed by atoms with Crippen LogP contribution >= 0.6 is 0 Å². The third-order valence-electron chi connectivity index (χ3n) is 3.73. The molecule has 0 bridgehead atoms. The van der Waals surface area contributed by atoms with Crippen molar-refractivity contribution in [2.75, 3.05) is 14.2 Å². The lowest BCUT2D eigenvalue weighted by Gasteiger charge is -2.07. The van der Waals surface area contributed by atoms with Gasteiger partial charge >= 0.3 is 0 Å². The van der Waals surface area contributed by atoms with Gasteiger partial charge in [-0.3, -0.25) is 0 Å². The van der Waals surface area contributed by atoms with Crippen molar-refractivity contribution >= 4 is 10.9 Å². The molecule has 108 valence electrons. The molecule has 1 N–H and O–H groups in total. The average Bonchev–Trinajstić information content (AvgIpc) is 2.91. The van der Waals surface area contributed by atoms with Gasteiger partial charge in [-0.05, 0) is 53.9 Å². The Morgan fingerprint density at radius 2 is 1.76 bits per heavy atom. The fourth-order valence-electron chi connectivity index (χ4n) is 2.63. The first-order chi connectivity index (χ1) is 10.3. The Morgan fingerprint density at radius 3 is 2.48 bits per heavy atom. The van der Waals surface area contributed by atoms with E-state index in [1.165, 1.54) is 22.0 Å². The number of benzene rings is 2. The number of hydrogen-bond acceptors (Lipinski definition) is 2. The van der Waals surface area contributed by atoms with Crippen LogP contribution in [-0.2, 0) is 13.1 Å². The Bertz CT molecular complexity index is 729. The van der Waals surface area contributed by atoms with E-state index in [-0.39, 0.29) is 0 Å². The second-order valence-electron chi connectivity index (χ2n) is 5.22. The Balaban J connectivity index is 1.86. The zero-order chi connectivity index (χ0) is 14.7. The van der Waals surface area contributed by atoms with E-state index in [2.05, 4.69) is 52.5 Å². The van der Waals surface area contributed by atoms with Gasteiger partial charge in [-0.1, -0.05) is 18.2 Å². The summed E-state index contributed by atoms with van der Waals surface area (Å²) in [4.78, 5) is 0. The molecule has 0 amide bonds. The normalized spacial score (nSPS) is 11.0. The zero-order valence-corrected chi connectivity index (χ0v) is 12.5. The fraction of sp³-hybridized carbons (Fsp3) is 0.222. The number of nitrogens with one attached hydrogen (secondary N) is 1. The number of methoxy groups -OCH3 is 1. The maximum absolute atomic E-state index is 5.20. The van der Waals surface area contributed by atoms with Gasteiger partial charge in [0.1, 0.15) is 5.75 Å². The van der Waals surface area contributed by atoms with Crippen LogP contribution in [-0.4, -0.2) is 18.7 Å². The van der Waals surface area contributed by atoms with Crippen LogP contribution < -0.4 is 10.1 Å². The average molecular weight is 280 g/mol. The van der Waals surface area contributed by atoms with Crippen molar-refractivity contribution in [3.63, 3.8) is 0 Å². The third kappa shape index (κ3) is 2.93. The van der Waals surface area contributed by atoms with E-state index in [9.17, 15) is 0 Å². The number of aromatic nitrogens is 1. The van der Waals surface area contributed by atoms with Crippen molar-refractivity contribution in [1.29, 1.82) is 0 Å². The van der Waals surface area contributed by atoms with Crippen LogP contribution in [0.3, 0.4) is 0 Å². The molecule has 1 aromatic heterocycles. The van der Waals surface area contributed by atoms with E-state index < -0.39 is 0 Å². The molecule has 0 atom stereocenters. The first kappa shape index (κ1) is 13.7. The summed E-state index contributed by atoms with van der Waals surface area (Å²) in [6.07, 6.45) is 2.15. The molecule has 0 spiro atoms. The van der Waals surface area contributed by atoms with Crippen molar-refractivity contribution in [2.24, 2.45) is 0 Å². The Kier molecular flexibility index (Phi) is 3.93. The number of rotatable bonds is 5. The van der Waals surface area contributed by atoms with Crippen molar-refractivity contribution in [2.45, 2.75) is 13.1 Å². The van der Waals surface area contributed by atoms with Gasteiger partial charge in [0.2, 0.25) is 0 Å². The summed E-state index contributed by atoms with van der Waals surface area (Å²) in [6, 6.07) is 17.0. The largest absolute Gasteiger partial charge is 0.497 e. The van der Waals surface area contributed by atoms with Crippen LogP contribution in [0, 0.1) is 0 Å². The number of ether oxygens (including phenoxy) is 1. The van der Waals surface area contributed by atoms with E-state index in [4.69, 9.17) is 4.74 Å². The summed E-state index contributed by atoms with van der Waals surface area (Å²) in [5.41, 5.74) is 3.85. The minimum Gasteiger partial charge on any atom is -0.497 e. The molecular weight excluding hydrogens is 260 g/mol. The van der Waals surface area contributed by atoms with Gasteiger partial charge in [-0.15, -0.1) is 0 Å². The quantitative estimate of drug-likeness (QED) is 0.775. The van der Waals surface area contributed by atoms with Gasteiger partial charge in [0, 0.05) is 24.8 Å². The number of fused-ring (bicyclic) bond motifs is 1. The maximum atomic E-state index is 5.20. The molecule has 3 aromatic rings. The monoisotopic (exact) mass is 280 g/mol. The first-order valence-corrected chi connectivity index (χ1v) is 7.15. The molecule has 0 fully saturated rings. The summed E-state index contributed by atoms with van der Waals surface area (Å²) < 4.78 is 7.48. The molecule has 21 heavy (non-hydrogen) atoms. The second-order valence-corrected chi connectivity index (χ2v) is 5.22. The smallest absolute Gasteiger partial charge is 0.118 e. The lowest BCUT2D eigenvalue weighted by Crippen LogP contribution is -2.04. The molecule has 3 heteroatoms. The maximum Gasteiger partial charge on any atom is 0.118 e. The molecule has 0 aliphatic rings. The van der Waals surface area contributed by atoms with E-state index in [1.54, 1.807) is 7.11 Å². The summed E-state index contributed by atoms with van der Waals surface area (Å²) >= 11 is 0. The summed E-state index contributed by atoms with van der Waals surface area (Å²) in [5, 5.41) is 4.48. The van der Waals surface area contributed by atoms with E-state index in [0.717, 1.165) is 18.8 Å². The molecule has 3 rings (SSSR count). The minimum absolute atomic E-state index is 0.874. The fourth-order valence-corrected chi connectivity index (χ4v) is 2.63. The first-order valence-electron chi connectivity index (χ1n) is 7.15. The highest BCUT2D eigenvalue weighted by atomic mass is 16.5. The third-order valence-corrected chi connectivity index (χ3v) is 3.73. The molecule has 3 nitrogen and oxygen atoms in total. The topological polar surface area (TPSA) is 26.2 Å². The van der Waals surface area contributed by atoms with Crippen LogP contribution in [0.15, 0.2) is 54.7 Å². The Labute approximate surface area is 125 Å². The Morgan fingerprint density at radius 1 is 1.00 bits per heavy atom. The summed E-state index contributed by atoms with van der Waals surface area (Å²) in [5.74, 6) is 0.896. The van der Waals surface area contributed by atoms with Crippen LogP contribution in [0.2, 0.25) is 0 Å². The molecule has 0 saturated heterocycles. The predicted octanol–water partition coefficient (Wildman–Crippen LogP) is 3.42. The summed E-state index contributed by atoms with van der Waals surface area (Å²) in [6.45, 7) is 1.78. The van der Waals surface area contributed by atoms with Crippen LogP contribution in [0.25, 0.3) is 10.9 Å². The van der Waals surface area contributed by atoms with E-state index in [1.807, 2.05) is 19.2 Å². The number of hydrogen-bond donors (Lipinski definition) is 1. The molecule has 0 saturated carbocycles. The second kappa shape index (κ2) is 6.02. The highest BCUT2D eigenvalue weighted by Crippen LogP contribution is 2.20. The Hall–Kier alpha value is -2.26.